The van der Waals surface area contributed by atoms with Crippen LogP contribution in [-0.2, 0) is 9.59 Å². The second-order valence-electron chi connectivity index (χ2n) is 5.05. The van der Waals surface area contributed by atoms with Gasteiger partial charge < -0.3 is 5.32 Å². The van der Waals surface area contributed by atoms with E-state index in [9.17, 15) is 14.4 Å². The minimum atomic E-state index is -0.922. The number of amides is 4. The van der Waals surface area contributed by atoms with Crippen molar-refractivity contribution in [3.63, 3.8) is 0 Å². The van der Waals surface area contributed by atoms with Gasteiger partial charge in [-0.25, -0.2) is 4.79 Å². The molecule has 2 rings (SSSR count). The third-order valence-corrected chi connectivity index (χ3v) is 2.86. The van der Waals surface area contributed by atoms with Crippen molar-refractivity contribution in [2.75, 3.05) is 11.9 Å². The summed E-state index contributed by atoms with van der Waals surface area (Å²) in [6.07, 6.45) is -0.0111. The second-order valence-corrected chi connectivity index (χ2v) is 5.05. The molecule has 1 aliphatic heterocycles. The molecule has 3 N–H and O–H groups in total. The number of aromatic amines is 1. The molecule has 2 heterocycles. The van der Waals surface area contributed by atoms with Gasteiger partial charge in [0.15, 0.2) is 0 Å². The van der Waals surface area contributed by atoms with Crippen LogP contribution in [-0.4, -0.2) is 50.0 Å². The van der Waals surface area contributed by atoms with Crippen molar-refractivity contribution < 1.29 is 14.4 Å². The molecule has 4 amide bonds. The summed E-state index contributed by atoms with van der Waals surface area (Å²) >= 11 is 0. The Labute approximate surface area is 115 Å². The average molecular weight is 280 g/mol. The van der Waals surface area contributed by atoms with Crippen LogP contribution >= 0.6 is 0 Å². The summed E-state index contributed by atoms with van der Waals surface area (Å²) in [5.41, 5.74) is -0.922. The number of rotatable bonds is 4. The summed E-state index contributed by atoms with van der Waals surface area (Å²) in [4.78, 5) is 40.1. The van der Waals surface area contributed by atoms with E-state index in [1.807, 2.05) is 0 Å². The molecule has 0 radical (unpaired) electrons. The van der Waals surface area contributed by atoms with Gasteiger partial charge in [-0.2, -0.15) is 4.98 Å². The number of anilines is 1. The zero-order valence-electron chi connectivity index (χ0n) is 11.5. The molecular weight excluding hydrogens is 264 g/mol. The SMILES string of the molecule is Cc1nc(NC(=O)CCN2C(=O)NC(C)(C)C2=O)n[nH]1. The number of nitrogens with zero attached hydrogens (tertiary/aromatic N) is 3. The van der Waals surface area contributed by atoms with Crippen molar-refractivity contribution in [3.8, 4) is 0 Å². The summed E-state index contributed by atoms with van der Waals surface area (Å²) in [7, 11) is 0. The lowest BCUT2D eigenvalue weighted by Gasteiger charge is -2.15. The fourth-order valence-electron chi connectivity index (χ4n) is 1.82. The van der Waals surface area contributed by atoms with Gasteiger partial charge in [0.2, 0.25) is 11.9 Å². The lowest BCUT2D eigenvalue weighted by Crippen LogP contribution is -2.40. The largest absolute Gasteiger partial charge is 0.325 e. The first kappa shape index (κ1) is 14.0. The summed E-state index contributed by atoms with van der Waals surface area (Å²) in [6.45, 7) is 4.95. The number of H-pyrrole nitrogens is 1. The van der Waals surface area contributed by atoms with E-state index in [1.54, 1.807) is 20.8 Å². The summed E-state index contributed by atoms with van der Waals surface area (Å²) in [6, 6.07) is -0.485. The van der Waals surface area contributed by atoms with E-state index in [4.69, 9.17) is 0 Å². The van der Waals surface area contributed by atoms with Gasteiger partial charge in [0.05, 0.1) is 0 Å². The predicted molar refractivity (Wildman–Crippen MR) is 68.7 cm³/mol. The molecule has 1 aromatic rings. The predicted octanol–water partition coefficient (Wildman–Crippen LogP) is -0.228. The Hall–Kier alpha value is -2.45. The van der Waals surface area contributed by atoms with Gasteiger partial charge in [-0.1, -0.05) is 0 Å². The number of carbonyl (C=O) groups excluding carboxylic acids is 3. The topological polar surface area (TPSA) is 120 Å². The van der Waals surface area contributed by atoms with Gasteiger partial charge in [0.25, 0.3) is 5.91 Å². The lowest BCUT2D eigenvalue weighted by atomic mass is 10.1. The highest BCUT2D eigenvalue weighted by molar-refractivity contribution is 6.06. The highest BCUT2D eigenvalue weighted by Crippen LogP contribution is 2.16. The molecule has 0 aromatic carbocycles. The molecule has 1 aromatic heterocycles. The van der Waals surface area contributed by atoms with E-state index in [2.05, 4.69) is 25.8 Å². The van der Waals surface area contributed by atoms with Crippen molar-refractivity contribution >= 4 is 23.8 Å². The van der Waals surface area contributed by atoms with Gasteiger partial charge in [0, 0.05) is 13.0 Å². The van der Waals surface area contributed by atoms with E-state index < -0.39 is 11.6 Å². The molecule has 0 unspecified atom stereocenters. The van der Waals surface area contributed by atoms with Crippen molar-refractivity contribution in [1.29, 1.82) is 0 Å². The highest BCUT2D eigenvalue weighted by Gasteiger charge is 2.43. The fourth-order valence-corrected chi connectivity index (χ4v) is 1.82. The van der Waals surface area contributed by atoms with Crippen LogP contribution in [0, 0.1) is 6.92 Å². The molecule has 0 atom stereocenters. The zero-order chi connectivity index (χ0) is 14.9. The number of imide groups is 1. The zero-order valence-corrected chi connectivity index (χ0v) is 11.5. The molecule has 0 aliphatic carbocycles. The van der Waals surface area contributed by atoms with Gasteiger partial charge in [-0.05, 0) is 20.8 Å². The van der Waals surface area contributed by atoms with Crippen LogP contribution in [0.4, 0.5) is 10.7 Å². The molecule has 9 heteroatoms. The van der Waals surface area contributed by atoms with Gasteiger partial charge >= 0.3 is 6.03 Å². The van der Waals surface area contributed by atoms with E-state index in [1.165, 1.54) is 0 Å². The van der Waals surface area contributed by atoms with Crippen molar-refractivity contribution in [2.45, 2.75) is 32.7 Å². The Morgan fingerprint density at radius 2 is 2.10 bits per heavy atom. The Morgan fingerprint density at radius 1 is 1.40 bits per heavy atom. The van der Waals surface area contributed by atoms with Crippen LogP contribution in [0.25, 0.3) is 0 Å². The molecule has 0 saturated carbocycles. The molecule has 1 fully saturated rings. The van der Waals surface area contributed by atoms with Crippen molar-refractivity contribution in [2.24, 2.45) is 0 Å². The van der Waals surface area contributed by atoms with E-state index >= 15 is 0 Å². The lowest BCUT2D eigenvalue weighted by molar-refractivity contribution is -0.130. The van der Waals surface area contributed by atoms with E-state index in [0.29, 0.717) is 5.82 Å². The monoisotopic (exact) mass is 280 g/mol. The summed E-state index contributed by atoms with van der Waals surface area (Å²) in [5.74, 6) is 0.0412. The standard InChI is InChI=1S/C11H16N6O3/c1-6-12-9(16-15-6)13-7(18)4-5-17-8(19)11(2,3)14-10(17)20/h4-5H2,1-3H3,(H,14,20)(H2,12,13,15,16,18). The smallest absolute Gasteiger partial charge is 0.324 e. The number of urea groups is 1. The molecule has 20 heavy (non-hydrogen) atoms. The van der Waals surface area contributed by atoms with E-state index in [0.717, 1.165) is 4.90 Å². The maximum absolute atomic E-state index is 11.9. The van der Waals surface area contributed by atoms with E-state index in [-0.39, 0.29) is 30.7 Å². The molecule has 0 spiro atoms. The number of hydrogen-bond donors (Lipinski definition) is 3. The number of carbonyl (C=O) groups is 3. The first-order valence-electron chi connectivity index (χ1n) is 6.12. The maximum Gasteiger partial charge on any atom is 0.325 e. The minimum absolute atomic E-state index is 0.0111. The molecule has 0 bridgehead atoms. The molecule has 108 valence electrons. The maximum atomic E-state index is 11.9. The van der Waals surface area contributed by atoms with Gasteiger partial charge in [-0.15, -0.1) is 5.10 Å². The van der Waals surface area contributed by atoms with Gasteiger partial charge in [-0.3, -0.25) is 24.9 Å². The Balaban J connectivity index is 1.88. The normalized spacial score (nSPS) is 17.2. The minimum Gasteiger partial charge on any atom is -0.324 e. The Kier molecular flexibility index (Phi) is 3.43. The van der Waals surface area contributed by atoms with Gasteiger partial charge in [0.1, 0.15) is 11.4 Å². The van der Waals surface area contributed by atoms with Crippen LogP contribution in [0.5, 0.6) is 0 Å². The van der Waals surface area contributed by atoms with Crippen LogP contribution < -0.4 is 10.6 Å². The number of hydrogen-bond acceptors (Lipinski definition) is 5. The van der Waals surface area contributed by atoms with Crippen LogP contribution in [0.3, 0.4) is 0 Å². The third-order valence-electron chi connectivity index (χ3n) is 2.86. The Bertz CT molecular complexity index is 564. The first-order chi connectivity index (χ1) is 9.29. The number of nitrogens with one attached hydrogen (secondary N) is 3. The number of aromatic nitrogens is 3. The van der Waals surface area contributed by atoms with Crippen LogP contribution in [0.2, 0.25) is 0 Å². The molecule has 1 saturated heterocycles. The fraction of sp³-hybridized carbons (Fsp3) is 0.545. The number of aryl methyl sites for hydroxylation is 1. The third kappa shape index (κ3) is 2.76. The Morgan fingerprint density at radius 3 is 2.60 bits per heavy atom. The quantitative estimate of drug-likeness (QED) is 0.658. The molecular formula is C11H16N6O3. The highest BCUT2D eigenvalue weighted by atomic mass is 16.2. The summed E-state index contributed by atoms with van der Waals surface area (Å²) < 4.78 is 0. The second kappa shape index (κ2) is 4.91. The molecule has 1 aliphatic rings. The van der Waals surface area contributed by atoms with Crippen LogP contribution in [0.1, 0.15) is 26.1 Å². The molecule has 9 nitrogen and oxygen atoms in total. The summed E-state index contributed by atoms with van der Waals surface area (Å²) in [5, 5.41) is 11.4. The first-order valence-corrected chi connectivity index (χ1v) is 6.12. The average Bonchev–Trinajstić information content (AvgIpc) is 2.81. The van der Waals surface area contributed by atoms with Crippen molar-refractivity contribution in [3.05, 3.63) is 5.82 Å². The van der Waals surface area contributed by atoms with Crippen molar-refractivity contribution in [1.82, 2.24) is 25.4 Å². The van der Waals surface area contributed by atoms with Crippen LogP contribution in [0.15, 0.2) is 0 Å².